The summed E-state index contributed by atoms with van der Waals surface area (Å²) in [4.78, 5) is 12.7. The van der Waals surface area contributed by atoms with Gasteiger partial charge < -0.3 is 0 Å². The molecule has 0 radical (unpaired) electrons. The first kappa shape index (κ1) is 32.6. The minimum absolute atomic E-state index is 0. The molecule has 0 N–H and O–H groups in total. The van der Waals surface area contributed by atoms with E-state index in [1.54, 1.807) is 70.2 Å². The normalized spacial score (nSPS) is 11.8. The first-order valence-corrected chi connectivity index (χ1v) is 12.7. The molecule has 0 amide bonds. The molecule has 42 heavy (non-hydrogen) atoms. The van der Waals surface area contributed by atoms with Gasteiger partial charge in [0, 0.05) is 56.5 Å². The van der Waals surface area contributed by atoms with Crippen molar-refractivity contribution in [3.63, 3.8) is 0 Å². The maximum Gasteiger partial charge on any atom is 2.00 e. The van der Waals surface area contributed by atoms with Gasteiger partial charge in [-0.25, -0.2) is 0 Å². The number of nitriles is 1. The number of rotatable bonds is 6. The van der Waals surface area contributed by atoms with E-state index in [1.165, 1.54) is 0 Å². The van der Waals surface area contributed by atoms with Crippen LogP contribution in [0.1, 0.15) is 81.0 Å². The van der Waals surface area contributed by atoms with E-state index in [9.17, 15) is 14.0 Å². The average Bonchev–Trinajstić information content (AvgIpc) is 2.93. The van der Waals surface area contributed by atoms with Gasteiger partial charge in [-0.05, 0) is 38.1 Å². The quantitative estimate of drug-likeness (QED) is 0.148. The topological polar surface area (TPSA) is 53.9 Å². The van der Waals surface area contributed by atoms with Crippen molar-refractivity contribution in [2.75, 3.05) is 0 Å². The molecule has 2 aromatic heterocycles. The monoisotopic (exact) mass is 749 g/mol. The maximum absolute atomic E-state index is 15.1. The summed E-state index contributed by atoms with van der Waals surface area (Å²) in [6, 6.07) is 19.4. The SMILES string of the molecule is [C-]#[N+]c1c(F)c[c-]c(C(C)(C)c2cccc(C(C)(C)c3cccc(C(C)(C)c4[c-]cc(F)c(C#N)c4F)n3)n2)c1F.[Pt+2]. The largest absolute Gasteiger partial charge is 2.00 e. The number of aromatic nitrogens is 2. The smallest absolute Gasteiger partial charge is 0.297 e. The van der Waals surface area contributed by atoms with E-state index in [-0.39, 0.29) is 32.2 Å². The molecule has 0 bridgehead atoms. The zero-order chi connectivity index (χ0) is 30.3. The van der Waals surface area contributed by atoms with Gasteiger partial charge in [-0.1, -0.05) is 39.8 Å². The third-order valence-corrected chi connectivity index (χ3v) is 7.55. The summed E-state index contributed by atoms with van der Waals surface area (Å²) in [6.45, 7) is 17.8. The molecule has 0 aliphatic heterocycles. The third-order valence-electron chi connectivity index (χ3n) is 7.55. The Labute approximate surface area is 257 Å². The molecule has 4 rings (SSSR count). The summed E-state index contributed by atoms with van der Waals surface area (Å²) in [5, 5.41) is 9.22. The Morgan fingerprint density at radius 3 is 1.55 bits per heavy atom. The van der Waals surface area contributed by atoms with Gasteiger partial charge in [0.25, 0.3) is 0 Å². The summed E-state index contributed by atoms with van der Waals surface area (Å²) in [7, 11) is 0. The molecule has 0 aliphatic carbocycles. The molecule has 0 fully saturated rings. The Morgan fingerprint density at radius 2 is 1.12 bits per heavy atom. The molecule has 216 valence electrons. The second-order valence-electron chi connectivity index (χ2n) is 11.3. The van der Waals surface area contributed by atoms with Gasteiger partial charge in [0.05, 0.1) is 24.0 Å². The van der Waals surface area contributed by atoms with Crippen molar-refractivity contribution in [3.8, 4) is 6.07 Å². The number of benzene rings is 2. The average molecular weight is 750 g/mol. The fraction of sp³-hybridized carbons (Fsp3) is 0.273. The van der Waals surface area contributed by atoms with Gasteiger partial charge >= 0.3 is 21.1 Å². The summed E-state index contributed by atoms with van der Waals surface area (Å²) >= 11 is 0. The second-order valence-corrected chi connectivity index (χ2v) is 11.3. The number of pyridine rings is 2. The van der Waals surface area contributed by atoms with E-state index in [4.69, 9.17) is 16.5 Å². The Morgan fingerprint density at radius 1 is 0.714 bits per heavy atom. The molecule has 2 aromatic carbocycles. The van der Waals surface area contributed by atoms with Crippen LogP contribution in [0.2, 0.25) is 0 Å². The van der Waals surface area contributed by atoms with Crippen molar-refractivity contribution >= 4 is 5.69 Å². The molecule has 0 saturated heterocycles. The van der Waals surface area contributed by atoms with E-state index in [2.05, 4.69) is 17.0 Å². The predicted octanol–water partition coefficient (Wildman–Crippen LogP) is 8.03. The van der Waals surface area contributed by atoms with Crippen molar-refractivity contribution in [1.82, 2.24) is 9.97 Å². The van der Waals surface area contributed by atoms with Crippen molar-refractivity contribution in [2.24, 2.45) is 0 Å². The molecule has 0 spiro atoms. The van der Waals surface area contributed by atoms with E-state index in [0.717, 1.165) is 12.1 Å². The van der Waals surface area contributed by atoms with Crippen LogP contribution in [0, 0.1) is 53.3 Å². The molecule has 4 nitrogen and oxygen atoms in total. The van der Waals surface area contributed by atoms with E-state index in [1.807, 2.05) is 13.8 Å². The molecular weight excluding hydrogens is 723 g/mol. The van der Waals surface area contributed by atoms with Crippen molar-refractivity contribution in [2.45, 2.75) is 57.8 Å². The van der Waals surface area contributed by atoms with Gasteiger partial charge in [-0.2, -0.15) is 23.5 Å². The van der Waals surface area contributed by atoms with E-state index >= 15 is 8.78 Å². The zero-order valence-electron chi connectivity index (χ0n) is 23.7. The Kier molecular flexibility index (Phi) is 9.16. The van der Waals surface area contributed by atoms with Crippen molar-refractivity contribution < 1.29 is 38.6 Å². The fourth-order valence-electron chi connectivity index (χ4n) is 4.76. The van der Waals surface area contributed by atoms with Gasteiger partial charge in [0.2, 0.25) is 0 Å². The third kappa shape index (κ3) is 5.49. The van der Waals surface area contributed by atoms with Gasteiger partial charge in [0.1, 0.15) is 5.69 Å². The number of halogens is 4. The van der Waals surface area contributed by atoms with Crippen LogP contribution in [0.5, 0.6) is 0 Å². The first-order chi connectivity index (χ1) is 19.2. The van der Waals surface area contributed by atoms with Crippen LogP contribution in [0.3, 0.4) is 0 Å². The van der Waals surface area contributed by atoms with Crippen molar-refractivity contribution in [1.29, 1.82) is 5.26 Å². The number of hydrogen-bond acceptors (Lipinski definition) is 3. The summed E-state index contributed by atoms with van der Waals surface area (Å²) in [5.74, 6) is -3.91. The van der Waals surface area contributed by atoms with Crippen LogP contribution >= 0.6 is 0 Å². The van der Waals surface area contributed by atoms with Crippen molar-refractivity contribution in [3.05, 3.63) is 135 Å². The van der Waals surface area contributed by atoms with Crippen LogP contribution < -0.4 is 0 Å². The minimum Gasteiger partial charge on any atom is -0.297 e. The zero-order valence-corrected chi connectivity index (χ0v) is 26.0. The molecule has 0 saturated carbocycles. The minimum atomic E-state index is -1.07. The standard InChI is InChI=1S/C33H26F4N4.Pt/c1-31(2,20-14-16-22(34)19(18-38)28(20)36)24-10-8-12-26(40-24)33(5,6)27-13-9-11-25(41-27)32(3,4)21-15-17-23(35)30(39-7)29(21)37;/h8-13,16-17H,1-6H3;/q-2;+2. The summed E-state index contributed by atoms with van der Waals surface area (Å²) in [5.41, 5.74) is -2.10. The first-order valence-electron chi connectivity index (χ1n) is 12.7. The summed E-state index contributed by atoms with van der Waals surface area (Å²) in [6.07, 6.45) is 0. The van der Waals surface area contributed by atoms with Crippen LogP contribution in [-0.4, -0.2) is 9.97 Å². The van der Waals surface area contributed by atoms with Crippen LogP contribution in [0.15, 0.2) is 48.5 Å². The number of nitrogens with zero attached hydrogens (tertiary/aromatic N) is 4. The van der Waals surface area contributed by atoms with E-state index < -0.39 is 50.8 Å². The molecule has 4 aromatic rings. The van der Waals surface area contributed by atoms with E-state index in [0.29, 0.717) is 22.8 Å². The van der Waals surface area contributed by atoms with Gasteiger partial charge in [-0.15, -0.1) is 17.2 Å². The fourth-order valence-corrected chi connectivity index (χ4v) is 4.76. The molecule has 0 unspecified atom stereocenters. The van der Waals surface area contributed by atoms with Gasteiger partial charge in [0.15, 0.2) is 0 Å². The molecule has 0 aliphatic rings. The summed E-state index contributed by atoms with van der Waals surface area (Å²) < 4.78 is 58.2. The van der Waals surface area contributed by atoms with Crippen LogP contribution in [-0.2, 0) is 37.3 Å². The number of hydrogen-bond donors (Lipinski definition) is 0. The second kappa shape index (κ2) is 11.8. The molecule has 9 heteroatoms. The molecular formula is C33H26F4N4Pt. The van der Waals surface area contributed by atoms with Crippen LogP contribution in [0.25, 0.3) is 4.85 Å². The Hall–Kier alpha value is -3.87. The van der Waals surface area contributed by atoms with Gasteiger partial charge in [-0.3, -0.25) is 32.4 Å². The molecule has 0 atom stereocenters. The Bertz CT molecular complexity index is 1620. The molecule has 2 heterocycles. The maximum atomic E-state index is 15.1. The Balaban J connectivity index is 0.00000484. The predicted molar refractivity (Wildman–Crippen MR) is 146 cm³/mol. The van der Waals surface area contributed by atoms with Crippen LogP contribution in [0.4, 0.5) is 23.2 Å².